The molecule has 2 amide bonds. The zero-order chi connectivity index (χ0) is 20.6. The fourth-order valence-corrected chi connectivity index (χ4v) is 3.31. The summed E-state index contributed by atoms with van der Waals surface area (Å²) in [5.74, 6) is 0.271. The van der Waals surface area contributed by atoms with Crippen molar-refractivity contribution in [2.24, 2.45) is 0 Å². The van der Waals surface area contributed by atoms with Crippen molar-refractivity contribution in [2.75, 3.05) is 26.7 Å². The zero-order valence-electron chi connectivity index (χ0n) is 16.5. The Morgan fingerprint density at radius 1 is 1.07 bits per heavy atom. The van der Waals surface area contributed by atoms with Gasteiger partial charge in [0, 0.05) is 31.2 Å². The zero-order valence-corrected chi connectivity index (χ0v) is 16.5. The average molecular weight is 399 g/mol. The van der Waals surface area contributed by atoms with Crippen molar-refractivity contribution in [1.29, 1.82) is 0 Å². The Labute approximate surface area is 170 Å². The molecular weight excluding hydrogens is 373 g/mol. The van der Waals surface area contributed by atoms with Crippen LogP contribution in [0.15, 0.2) is 48.5 Å². The predicted octanol–water partition coefficient (Wildman–Crippen LogP) is 2.34. The number of benzene rings is 2. The first kappa shape index (κ1) is 20.8. The Kier molecular flexibility index (Phi) is 7.19. The van der Waals surface area contributed by atoms with Crippen molar-refractivity contribution in [3.63, 3.8) is 0 Å². The normalized spacial score (nSPS) is 15.0. The Balaban J connectivity index is 1.37. The van der Waals surface area contributed by atoms with Crippen LogP contribution in [0.4, 0.5) is 4.39 Å². The summed E-state index contributed by atoms with van der Waals surface area (Å²) >= 11 is 0. The monoisotopic (exact) mass is 399 g/mol. The van der Waals surface area contributed by atoms with Crippen LogP contribution in [0.5, 0.6) is 5.75 Å². The number of halogens is 1. The van der Waals surface area contributed by atoms with E-state index < -0.39 is 0 Å². The number of carbonyl (C=O) groups is 2. The van der Waals surface area contributed by atoms with Crippen LogP contribution >= 0.6 is 0 Å². The van der Waals surface area contributed by atoms with Gasteiger partial charge in [0.15, 0.2) is 0 Å². The summed E-state index contributed by atoms with van der Waals surface area (Å²) in [6.45, 7) is 2.20. The number of hydrogen-bond acceptors (Lipinski definition) is 4. The molecule has 1 heterocycles. The first-order valence-corrected chi connectivity index (χ1v) is 9.72. The number of ether oxygens (including phenoxy) is 1. The lowest BCUT2D eigenvalue weighted by Crippen LogP contribution is -2.47. The molecule has 0 atom stereocenters. The minimum Gasteiger partial charge on any atom is -0.497 e. The van der Waals surface area contributed by atoms with Crippen LogP contribution in [0.2, 0.25) is 0 Å². The summed E-state index contributed by atoms with van der Waals surface area (Å²) in [7, 11) is 1.59. The molecule has 1 fully saturated rings. The summed E-state index contributed by atoms with van der Waals surface area (Å²) in [4.78, 5) is 26.6. The van der Waals surface area contributed by atoms with Gasteiger partial charge in [-0.1, -0.05) is 12.1 Å². The molecule has 29 heavy (non-hydrogen) atoms. The van der Waals surface area contributed by atoms with E-state index in [1.54, 1.807) is 43.5 Å². The lowest BCUT2D eigenvalue weighted by atomic mass is 10.0. The number of likely N-dealkylation sites (tertiary alicyclic amines) is 1. The smallest absolute Gasteiger partial charge is 0.251 e. The van der Waals surface area contributed by atoms with Gasteiger partial charge in [0.2, 0.25) is 5.91 Å². The second-order valence-corrected chi connectivity index (χ2v) is 7.16. The molecule has 2 N–H and O–H groups in total. The van der Waals surface area contributed by atoms with Crippen molar-refractivity contribution >= 4 is 11.8 Å². The van der Waals surface area contributed by atoms with E-state index >= 15 is 0 Å². The fraction of sp³-hybridized carbons (Fsp3) is 0.364. The summed E-state index contributed by atoms with van der Waals surface area (Å²) in [6, 6.07) is 13.2. The van der Waals surface area contributed by atoms with E-state index in [1.807, 2.05) is 0 Å². The number of hydrogen-bond donors (Lipinski definition) is 2. The molecule has 0 bridgehead atoms. The Bertz CT molecular complexity index is 816. The maximum Gasteiger partial charge on any atom is 0.251 e. The number of nitrogens with one attached hydrogen (secondary N) is 2. The number of piperidine rings is 1. The largest absolute Gasteiger partial charge is 0.497 e. The molecule has 0 radical (unpaired) electrons. The summed E-state index contributed by atoms with van der Waals surface area (Å²) in [6.07, 6.45) is 1.60. The highest BCUT2D eigenvalue weighted by Gasteiger charge is 2.22. The Hall–Kier alpha value is -2.93. The van der Waals surface area contributed by atoms with E-state index in [1.165, 1.54) is 12.1 Å². The van der Waals surface area contributed by atoms with Gasteiger partial charge in [-0.2, -0.15) is 0 Å². The number of methoxy groups -OCH3 is 1. The lowest BCUT2D eigenvalue weighted by Gasteiger charge is -2.31. The topological polar surface area (TPSA) is 70.7 Å². The first-order valence-electron chi connectivity index (χ1n) is 9.72. The van der Waals surface area contributed by atoms with E-state index in [0.717, 1.165) is 31.5 Å². The minimum absolute atomic E-state index is 0.0601. The molecule has 6 nitrogen and oxygen atoms in total. The molecule has 0 aliphatic carbocycles. The molecule has 2 aromatic carbocycles. The van der Waals surface area contributed by atoms with Gasteiger partial charge in [0.25, 0.3) is 5.91 Å². The van der Waals surface area contributed by atoms with Crippen LogP contribution in [0.3, 0.4) is 0 Å². The molecule has 0 aromatic heterocycles. The number of carbonyl (C=O) groups excluding carboxylic acids is 2. The highest BCUT2D eigenvalue weighted by Crippen LogP contribution is 2.14. The van der Waals surface area contributed by atoms with Crippen molar-refractivity contribution in [1.82, 2.24) is 15.5 Å². The number of nitrogens with zero attached hydrogens (tertiary/aromatic N) is 1. The third-order valence-corrected chi connectivity index (χ3v) is 5.05. The second kappa shape index (κ2) is 10.0. The first-order chi connectivity index (χ1) is 14.0. The van der Waals surface area contributed by atoms with Gasteiger partial charge in [0.05, 0.1) is 13.7 Å². The molecule has 0 saturated carbocycles. The standard InChI is InChI=1S/C22H26FN3O3/c1-29-20-8-4-17(5-9-20)22(28)25-19-10-12-26(13-11-19)15-21(27)24-14-16-2-6-18(23)7-3-16/h2-9,19H,10-15H2,1H3,(H,24,27)(H,25,28). The Morgan fingerprint density at radius 3 is 2.34 bits per heavy atom. The van der Waals surface area contributed by atoms with Crippen LogP contribution in [0.25, 0.3) is 0 Å². The van der Waals surface area contributed by atoms with Crippen LogP contribution in [-0.2, 0) is 11.3 Å². The third kappa shape index (κ3) is 6.29. The fourth-order valence-electron chi connectivity index (χ4n) is 3.31. The van der Waals surface area contributed by atoms with E-state index in [4.69, 9.17) is 4.74 Å². The van der Waals surface area contributed by atoms with Gasteiger partial charge < -0.3 is 15.4 Å². The summed E-state index contributed by atoms with van der Waals surface area (Å²) < 4.78 is 18.0. The van der Waals surface area contributed by atoms with E-state index in [2.05, 4.69) is 15.5 Å². The average Bonchev–Trinajstić information content (AvgIpc) is 2.75. The second-order valence-electron chi connectivity index (χ2n) is 7.16. The number of rotatable bonds is 7. The van der Waals surface area contributed by atoms with Crippen LogP contribution in [0, 0.1) is 5.82 Å². The van der Waals surface area contributed by atoms with E-state index in [-0.39, 0.29) is 23.7 Å². The van der Waals surface area contributed by atoms with Crippen LogP contribution in [0.1, 0.15) is 28.8 Å². The molecule has 0 unspecified atom stereocenters. The third-order valence-electron chi connectivity index (χ3n) is 5.05. The minimum atomic E-state index is -0.290. The SMILES string of the molecule is COc1ccc(C(=O)NC2CCN(CC(=O)NCc3ccc(F)cc3)CC2)cc1. The maximum absolute atomic E-state index is 12.9. The molecule has 7 heteroatoms. The summed E-state index contributed by atoms with van der Waals surface area (Å²) in [5.41, 5.74) is 1.47. The molecule has 1 saturated heterocycles. The van der Waals surface area contributed by atoms with E-state index in [0.29, 0.717) is 24.4 Å². The summed E-state index contributed by atoms with van der Waals surface area (Å²) in [5, 5.41) is 5.92. The molecule has 154 valence electrons. The van der Waals surface area contributed by atoms with Crippen molar-refractivity contribution in [3.8, 4) is 5.75 Å². The van der Waals surface area contributed by atoms with Gasteiger partial charge in [-0.15, -0.1) is 0 Å². The maximum atomic E-state index is 12.9. The van der Waals surface area contributed by atoms with Gasteiger partial charge in [-0.05, 0) is 54.8 Å². The molecule has 0 spiro atoms. The number of amides is 2. The molecule has 3 rings (SSSR count). The van der Waals surface area contributed by atoms with Gasteiger partial charge in [-0.3, -0.25) is 14.5 Å². The quantitative estimate of drug-likeness (QED) is 0.750. The molecule has 1 aliphatic heterocycles. The van der Waals surface area contributed by atoms with Gasteiger partial charge in [0.1, 0.15) is 11.6 Å². The van der Waals surface area contributed by atoms with Crippen LogP contribution < -0.4 is 15.4 Å². The lowest BCUT2D eigenvalue weighted by molar-refractivity contribution is -0.122. The predicted molar refractivity (Wildman–Crippen MR) is 108 cm³/mol. The van der Waals surface area contributed by atoms with Gasteiger partial charge >= 0.3 is 0 Å². The van der Waals surface area contributed by atoms with E-state index in [9.17, 15) is 14.0 Å². The van der Waals surface area contributed by atoms with Crippen molar-refractivity contribution in [2.45, 2.75) is 25.4 Å². The van der Waals surface area contributed by atoms with Gasteiger partial charge in [-0.25, -0.2) is 4.39 Å². The molecular formula is C22H26FN3O3. The molecule has 2 aromatic rings. The van der Waals surface area contributed by atoms with Crippen molar-refractivity contribution in [3.05, 3.63) is 65.5 Å². The Morgan fingerprint density at radius 2 is 1.72 bits per heavy atom. The van der Waals surface area contributed by atoms with Crippen molar-refractivity contribution < 1.29 is 18.7 Å². The van der Waals surface area contributed by atoms with Crippen LogP contribution in [-0.4, -0.2) is 49.5 Å². The highest BCUT2D eigenvalue weighted by molar-refractivity contribution is 5.94. The molecule has 1 aliphatic rings. The highest BCUT2D eigenvalue weighted by atomic mass is 19.1.